The minimum atomic E-state index is 0. The first-order valence-electron chi connectivity index (χ1n) is 5.19. The van der Waals surface area contributed by atoms with Crippen LogP contribution in [0, 0.1) is 5.92 Å². The van der Waals surface area contributed by atoms with Gasteiger partial charge >= 0.3 is 0 Å². The lowest BCUT2D eigenvalue weighted by Crippen LogP contribution is -2.28. The first kappa shape index (κ1) is 12.8. The molecule has 1 aromatic heterocycles. The number of hydrogen-bond donors (Lipinski definition) is 1. The Labute approximate surface area is 102 Å². The maximum atomic E-state index is 4.02. The molecule has 0 radical (unpaired) electrons. The van der Waals surface area contributed by atoms with Gasteiger partial charge in [-0.1, -0.05) is 0 Å². The fourth-order valence-electron chi connectivity index (χ4n) is 1.70. The van der Waals surface area contributed by atoms with Crippen LogP contribution in [0.4, 0.5) is 0 Å². The van der Waals surface area contributed by atoms with E-state index in [0.717, 1.165) is 5.92 Å². The Hall–Kier alpha value is -0.250. The maximum absolute atomic E-state index is 4.02. The minimum Gasteiger partial charge on any atom is -0.317 e. The predicted octanol–water partition coefficient (Wildman–Crippen LogP) is 2.60. The summed E-state index contributed by atoms with van der Waals surface area (Å²) in [6.07, 6.45) is 6.39. The Bertz CT molecular complexity index is 263. The van der Waals surface area contributed by atoms with Gasteiger partial charge in [-0.2, -0.15) is 0 Å². The van der Waals surface area contributed by atoms with Gasteiger partial charge in [0.2, 0.25) is 0 Å². The van der Waals surface area contributed by atoms with E-state index in [9.17, 15) is 0 Å². The van der Waals surface area contributed by atoms with Crippen molar-refractivity contribution in [2.45, 2.75) is 17.7 Å². The molecular formula is C11H17ClN2S. The second kappa shape index (κ2) is 7.09. The molecule has 0 unspecified atom stereocenters. The highest BCUT2D eigenvalue weighted by Crippen LogP contribution is 2.23. The third-order valence-corrected chi connectivity index (χ3v) is 3.84. The number of nitrogens with zero attached hydrogens (tertiary/aromatic N) is 1. The number of thioether (sulfide) groups is 1. The van der Waals surface area contributed by atoms with E-state index < -0.39 is 0 Å². The summed E-state index contributed by atoms with van der Waals surface area (Å²) in [5.41, 5.74) is 0. The van der Waals surface area contributed by atoms with E-state index in [1.807, 2.05) is 24.2 Å². The standard InChI is InChI=1S/C11H16N2S.ClH/c1-5-12-6-2-10(1)9-14-11-3-7-13-8-4-11;/h3-4,7-8,10,12H,1-2,5-6,9H2;1H. The topological polar surface area (TPSA) is 24.9 Å². The molecule has 0 aliphatic carbocycles. The van der Waals surface area contributed by atoms with Gasteiger partial charge in [-0.25, -0.2) is 0 Å². The Morgan fingerprint density at radius 1 is 1.27 bits per heavy atom. The second-order valence-electron chi connectivity index (χ2n) is 3.69. The summed E-state index contributed by atoms with van der Waals surface area (Å²) in [5, 5.41) is 3.39. The number of piperidine rings is 1. The lowest BCUT2D eigenvalue weighted by Gasteiger charge is -2.21. The fraction of sp³-hybridized carbons (Fsp3) is 0.545. The first-order chi connectivity index (χ1) is 6.95. The third kappa shape index (κ3) is 4.41. The van der Waals surface area contributed by atoms with E-state index in [1.165, 1.54) is 36.6 Å². The molecule has 0 bridgehead atoms. The van der Waals surface area contributed by atoms with Crippen molar-refractivity contribution in [2.24, 2.45) is 5.92 Å². The zero-order chi connectivity index (χ0) is 9.64. The van der Waals surface area contributed by atoms with E-state index in [1.54, 1.807) is 0 Å². The smallest absolute Gasteiger partial charge is 0.0278 e. The molecule has 15 heavy (non-hydrogen) atoms. The highest BCUT2D eigenvalue weighted by Gasteiger charge is 2.12. The van der Waals surface area contributed by atoms with Crippen molar-refractivity contribution in [3.8, 4) is 0 Å². The lowest BCUT2D eigenvalue weighted by atomic mass is 10.0. The number of pyridine rings is 1. The van der Waals surface area contributed by atoms with Gasteiger partial charge in [-0.05, 0) is 44.0 Å². The average molecular weight is 245 g/mol. The SMILES string of the molecule is Cl.c1cc(SCC2CCNCC2)ccn1. The number of rotatable bonds is 3. The van der Waals surface area contributed by atoms with Crippen LogP contribution in [0.2, 0.25) is 0 Å². The summed E-state index contributed by atoms with van der Waals surface area (Å²) in [5.74, 6) is 2.15. The normalized spacial score (nSPS) is 17.1. The fourth-order valence-corrected chi connectivity index (χ4v) is 2.77. The third-order valence-electron chi connectivity index (χ3n) is 2.59. The molecule has 0 spiro atoms. The molecule has 1 aliphatic rings. The van der Waals surface area contributed by atoms with Gasteiger partial charge in [-0.15, -0.1) is 24.2 Å². The molecule has 0 atom stereocenters. The summed E-state index contributed by atoms with van der Waals surface area (Å²) in [6.45, 7) is 2.39. The summed E-state index contributed by atoms with van der Waals surface area (Å²) in [7, 11) is 0. The first-order valence-corrected chi connectivity index (χ1v) is 6.17. The molecule has 2 nitrogen and oxygen atoms in total. The van der Waals surface area contributed by atoms with Crippen LogP contribution in [-0.2, 0) is 0 Å². The minimum absolute atomic E-state index is 0. The number of aromatic nitrogens is 1. The van der Waals surface area contributed by atoms with Gasteiger partial charge in [0.25, 0.3) is 0 Å². The molecule has 1 fully saturated rings. The highest BCUT2D eigenvalue weighted by molar-refractivity contribution is 7.99. The summed E-state index contributed by atoms with van der Waals surface area (Å²) < 4.78 is 0. The Morgan fingerprint density at radius 3 is 2.60 bits per heavy atom. The number of hydrogen-bond acceptors (Lipinski definition) is 3. The van der Waals surface area contributed by atoms with Crippen molar-refractivity contribution in [3.05, 3.63) is 24.5 Å². The van der Waals surface area contributed by atoms with Crippen molar-refractivity contribution in [1.82, 2.24) is 10.3 Å². The van der Waals surface area contributed by atoms with Crippen LogP contribution in [0.5, 0.6) is 0 Å². The summed E-state index contributed by atoms with van der Waals surface area (Å²) in [4.78, 5) is 5.36. The monoisotopic (exact) mass is 244 g/mol. The average Bonchev–Trinajstić information content (AvgIpc) is 2.29. The van der Waals surface area contributed by atoms with Crippen LogP contribution in [0.25, 0.3) is 0 Å². The molecule has 0 aromatic carbocycles. The van der Waals surface area contributed by atoms with E-state index in [-0.39, 0.29) is 12.4 Å². The van der Waals surface area contributed by atoms with Crippen LogP contribution in [-0.4, -0.2) is 23.8 Å². The molecule has 1 N–H and O–H groups in total. The molecule has 1 aliphatic heterocycles. The Balaban J connectivity index is 0.00000112. The van der Waals surface area contributed by atoms with Gasteiger partial charge in [0.1, 0.15) is 0 Å². The van der Waals surface area contributed by atoms with Crippen LogP contribution < -0.4 is 5.32 Å². The van der Waals surface area contributed by atoms with E-state index in [4.69, 9.17) is 0 Å². The summed E-state index contributed by atoms with van der Waals surface area (Å²) in [6, 6.07) is 4.18. The molecule has 1 aromatic rings. The van der Waals surface area contributed by atoms with Crippen LogP contribution in [0.3, 0.4) is 0 Å². The van der Waals surface area contributed by atoms with Gasteiger partial charge < -0.3 is 5.32 Å². The van der Waals surface area contributed by atoms with E-state index in [2.05, 4.69) is 22.4 Å². The molecule has 0 amide bonds. The van der Waals surface area contributed by atoms with Crippen molar-refractivity contribution >= 4 is 24.2 Å². The number of nitrogens with one attached hydrogen (secondary N) is 1. The summed E-state index contributed by atoms with van der Waals surface area (Å²) >= 11 is 1.96. The van der Waals surface area contributed by atoms with Crippen molar-refractivity contribution in [2.75, 3.05) is 18.8 Å². The second-order valence-corrected chi connectivity index (χ2v) is 4.78. The molecule has 2 heterocycles. The van der Waals surface area contributed by atoms with E-state index >= 15 is 0 Å². The molecule has 4 heteroatoms. The Morgan fingerprint density at radius 2 is 1.93 bits per heavy atom. The van der Waals surface area contributed by atoms with Gasteiger partial charge in [-0.3, -0.25) is 4.98 Å². The maximum Gasteiger partial charge on any atom is 0.0278 e. The Kier molecular flexibility index (Phi) is 6.06. The lowest BCUT2D eigenvalue weighted by molar-refractivity contribution is 0.408. The molecule has 0 saturated carbocycles. The zero-order valence-corrected chi connectivity index (χ0v) is 10.3. The van der Waals surface area contributed by atoms with Crippen LogP contribution >= 0.6 is 24.2 Å². The number of halogens is 1. The highest BCUT2D eigenvalue weighted by atomic mass is 35.5. The van der Waals surface area contributed by atoms with Gasteiger partial charge in [0.05, 0.1) is 0 Å². The van der Waals surface area contributed by atoms with Gasteiger partial charge in [0.15, 0.2) is 0 Å². The zero-order valence-electron chi connectivity index (χ0n) is 8.69. The van der Waals surface area contributed by atoms with Crippen molar-refractivity contribution < 1.29 is 0 Å². The van der Waals surface area contributed by atoms with Crippen LogP contribution in [0.15, 0.2) is 29.4 Å². The van der Waals surface area contributed by atoms with Gasteiger partial charge in [0, 0.05) is 23.0 Å². The predicted molar refractivity (Wildman–Crippen MR) is 67.8 cm³/mol. The largest absolute Gasteiger partial charge is 0.317 e. The molecular weight excluding hydrogens is 228 g/mol. The molecule has 84 valence electrons. The quantitative estimate of drug-likeness (QED) is 0.828. The van der Waals surface area contributed by atoms with Crippen molar-refractivity contribution in [1.29, 1.82) is 0 Å². The van der Waals surface area contributed by atoms with E-state index in [0.29, 0.717) is 0 Å². The van der Waals surface area contributed by atoms with Crippen molar-refractivity contribution in [3.63, 3.8) is 0 Å². The van der Waals surface area contributed by atoms with Crippen LogP contribution in [0.1, 0.15) is 12.8 Å². The molecule has 1 saturated heterocycles. The molecule has 2 rings (SSSR count).